The van der Waals surface area contributed by atoms with Gasteiger partial charge in [0.1, 0.15) is 18.1 Å². The second-order valence-electron chi connectivity index (χ2n) is 6.85. The highest BCUT2D eigenvalue weighted by atomic mass is 17.0. The zero-order chi connectivity index (χ0) is 22.7. The van der Waals surface area contributed by atoms with Crippen molar-refractivity contribution in [1.29, 1.82) is 0 Å². The van der Waals surface area contributed by atoms with Crippen LogP contribution in [0.5, 0.6) is 0 Å². The summed E-state index contributed by atoms with van der Waals surface area (Å²) in [5.41, 5.74) is 1.37. The number of nitrogens with zero attached hydrogens (tertiary/aromatic N) is 1. The number of carboxylic acids is 1. The Balaban J connectivity index is 1.83. The van der Waals surface area contributed by atoms with Crippen LogP contribution in [-0.2, 0) is 28.6 Å². The van der Waals surface area contributed by atoms with Crippen molar-refractivity contribution in [2.75, 3.05) is 0 Å². The standard InChI is InChI=1S/C18H19NO12/c1-8(20)28-16-10(11-7-27-13-5-6-26-15(11)13)3-4-12(14(16)17(21)22)30-18(23)29-9(2)31-19(24)25/h5-7,9-10,12,14,16H,3-4H2,1-2H3,(H,21,22)/t9?,10-,12+,14?,16?/m0/s1. The molecule has 1 saturated carbocycles. The Morgan fingerprint density at radius 1 is 1.26 bits per heavy atom. The fourth-order valence-corrected chi connectivity index (χ4v) is 3.73. The number of hydrogen-bond donors (Lipinski definition) is 1. The SMILES string of the molecule is CC(=O)OC1C(C(=O)O)[C@H](OC(=O)OC(C)O[N+](=O)[O-])CC[C@H]1c1coc2ccoc12. The van der Waals surface area contributed by atoms with E-state index in [0.29, 0.717) is 16.7 Å². The van der Waals surface area contributed by atoms with Gasteiger partial charge in [0.25, 0.3) is 5.09 Å². The van der Waals surface area contributed by atoms with Crippen molar-refractivity contribution in [3.8, 4) is 0 Å². The Hall–Kier alpha value is -3.77. The van der Waals surface area contributed by atoms with E-state index in [-0.39, 0.29) is 12.8 Å². The Kier molecular flexibility index (Phi) is 6.32. The van der Waals surface area contributed by atoms with Crippen molar-refractivity contribution in [2.24, 2.45) is 5.92 Å². The quantitative estimate of drug-likeness (QED) is 0.288. The summed E-state index contributed by atoms with van der Waals surface area (Å²) >= 11 is 0. The summed E-state index contributed by atoms with van der Waals surface area (Å²) in [6, 6.07) is 1.59. The van der Waals surface area contributed by atoms with Crippen molar-refractivity contribution in [2.45, 2.75) is 51.1 Å². The molecule has 0 spiro atoms. The molecule has 2 heterocycles. The molecule has 1 fully saturated rings. The van der Waals surface area contributed by atoms with Gasteiger partial charge in [0.05, 0.1) is 12.5 Å². The molecule has 168 valence electrons. The van der Waals surface area contributed by atoms with Gasteiger partial charge in [-0.25, -0.2) is 4.79 Å². The minimum Gasteiger partial charge on any atom is -0.481 e. The van der Waals surface area contributed by atoms with Gasteiger partial charge in [-0.05, 0) is 19.8 Å². The van der Waals surface area contributed by atoms with Crippen molar-refractivity contribution in [3.63, 3.8) is 0 Å². The predicted molar refractivity (Wildman–Crippen MR) is 96.0 cm³/mol. The molecule has 1 aliphatic rings. The molecule has 1 N–H and O–H groups in total. The average molecular weight is 441 g/mol. The van der Waals surface area contributed by atoms with Gasteiger partial charge < -0.3 is 28.2 Å². The summed E-state index contributed by atoms with van der Waals surface area (Å²) in [5, 5.41) is 19.0. The molecule has 13 heteroatoms. The zero-order valence-electron chi connectivity index (χ0n) is 16.4. The van der Waals surface area contributed by atoms with Crippen LogP contribution in [0.4, 0.5) is 4.79 Å². The number of aliphatic carboxylic acids is 1. The third-order valence-corrected chi connectivity index (χ3v) is 4.85. The van der Waals surface area contributed by atoms with E-state index in [1.165, 1.54) is 12.5 Å². The second kappa shape index (κ2) is 8.93. The fourth-order valence-electron chi connectivity index (χ4n) is 3.73. The van der Waals surface area contributed by atoms with Gasteiger partial charge in [0, 0.05) is 24.5 Å². The summed E-state index contributed by atoms with van der Waals surface area (Å²) in [5.74, 6) is -4.15. The van der Waals surface area contributed by atoms with Crippen LogP contribution in [0.15, 0.2) is 27.4 Å². The minimum absolute atomic E-state index is 0.0757. The van der Waals surface area contributed by atoms with E-state index in [9.17, 15) is 29.6 Å². The van der Waals surface area contributed by atoms with Gasteiger partial charge in [0.15, 0.2) is 11.2 Å². The first-order chi connectivity index (χ1) is 14.7. The first kappa shape index (κ1) is 21.9. The predicted octanol–water partition coefficient (Wildman–Crippen LogP) is 2.61. The van der Waals surface area contributed by atoms with E-state index >= 15 is 0 Å². The number of furan rings is 2. The first-order valence-corrected chi connectivity index (χ1v) is 9.20. The van der Waals surface area contributed by atoms with E-state index in [1.807, 2.05) is 0 Å². The molecule has 0 aliphatic heterocycles. The monoisotopic (exact) mass is 441 g/mol. The lowest BCUT2D eigenvalue weighted by atomic mass is 9.74. The van der Waals surface area contributed by atoms with Crippen LogP contribution in [0.3, 0.4) is 0 Å². The molecule has 0 amide bonds. The summed E-state index contributed by atoms with van der Waals surface area (Å²) in [7, 11) is 0. The zero-order valence-corrected chi connectivity index (χ0v) is 16.4. The number of hydrogen-bond acceptors (Lipinski definition) is 11. The molecule has 3 rings (SSSR count). The molecule has 2 aromatic rings. The van der Waals surface area contributed by atoms with Crippen molar-refractivity contribution in [3.05, 3.63) is 34.3 Å². The van der Waals surface area contributed by atoms with Crippen molar-refractivity contribution >= 4 is 29.3 Å². The molecule has 1 aliphatic carbocycles. The maximum absolute atomic E-state index is 12.1. The molecule has 5 atom stereocenters. The van der Waals surface area contributed by atoms with Gasteiger partial charge in [-0.3, -0.25) is 14.4 Å². The molecule has 0 bridgehead atoms. The molecule has 0 radical (unpaired) electrons. The third kappa shape index (κ3) is 4.87. The Morgan fingerprint density at radius 3 is 2.65 bits per heavy atom. The second-order valence-corrected chi connectivity index (χ2v) is 6.85. The highest BCUT2D eigenvalue weighted by Crippen LogP contribution is 2.43. The highest BCUT2D eigenvalue weighted by Gasteiger charge is 2.49. The smallest absolute Gasteiger partial charge is 0.481 e. The number of carbonyl (C=O) groups excluding carboxylic acids is 2. The molecular formula is C18H19NO12. The van der Waals surface area contributed by atoms with Crippen molar-refractivity contribution in [1.82, 2.24) is 0 Å². The van der Waals surface area contributed by atoms with Crippen LogP contribution in [-0.4, -0.2) is 46.8 Å². The van der Waals surface area contributed by atoms with Crippen LogP contribution in [0.2, 0.25) is 0 Å². The largest absolute Gasteiger partial charge is 0.510 e. The van der Waals surface area contributed by atoms with Gasteiger partial charge in [0.2, 0.25) is 6.29 Å². The lowest BCUT2D eigenvalue weighted by molar-refractivity contribution is -0.777. The molecule has 0 aromatic carbocycles. The highest BCUT2D eigenvalue weighted by molar-refractivity contribution is 5.77. The number of esters is 1. The van der Waals surface area contributed by atoms with E-state index in [1.54, 1.807) is 6.07 Å². The Morgan fingerprint density at radius 2 is 2.00 bits per heavy atom. The molecule has 3 unspecified atom stereocenters. The Bertz CT molecular complexity index is 977. The number of fused-ring (bicyclic) bond motifs is 1. The molecular weight excluding hydrogens is 422 g/mol. The van der Waals surface area contributed by atoms with E-state index in [0.717, 1.165) is 13.8 Å². The normalized spacial score (nSPS) is 24.2. The van der Waals surface area contributed by atoms with Crippen LogP contribution >= 0.6 is 0 Å². The third-order valence-electron chi connectivity index (χ3n) is 4.85. The fraction of sp³-hybridized carbons (Fsp3) is 0.500. The topological polar surface area (TPSA) is 178 Å². The van der Waals surface area contributed by atoms with Crippen LogP contribution in [0.1, 0.15) is 38.2 Å². The number of rotatable bonds is 7. The lowest BCUT2D eigenvalue weighted by Crippen LogP contribution is -2.49. The van der Waals surface area contributed by atoms with Crippen LogP contribution < -0.4 is 0 Å². The molecule has 2 aromatic heterocycles. The maximum atomic E-state index is 12.1. The van der Waals surface area contributed by atoms with E-state index in [2.05, 4.69) is 9.57 Å². The summed E-state index contributed by atoms with van der Waals surface area (Å²) in [4.78, 5) is 50.1. The summed E-state index contributed by atoms with van der Waals surface area (Å²) < 4.78 is 25.8. The van der Waals surface area contributed by atoms with Gasteiger partial charge in [-0.15, -0.1) is 10.1 Å². The first-order valence-electron chi connectivity index (χ1n) is 9.20. The lowest BCUT2D eigenvalue weighted by Gasteiger charge is -2.39. The summed E-state index contributed by atoms with van der Waals surface area (Å²) in [6.45, 7) is 2.22. The van der Waals surface area contributed by atoms with E-state index in [4.69, 9.17) is 18.3 Å². The van der Waals surface area contributed by atoms with Crippen LogP contribution in [0.25, 0.3) is 11.2 Å². The maximum Gasteiger partial charge on any atom is 0.510 e. The van der Waals surface area contributed by atoms with Gasteiger partial charge in [-0.1, -0.05) is 0 Å². The summed E-state index contributed by atoms with van der Waals surface area (Å²) in [6.07, 6.45) is -2.21. The molecule has 13 nitrogen and oxygen atoms in total. The van der Waals surface area contributed by atoms with E-state index < -0.39 is 53.5 Å². The average Bonchev–Trinajstić information content (AvgIpc) is 3.24. The number of ether oxygens (including phenoxy) is 3. The number of carbonyl (C=O) groups is 3. The van der Waals surface area contributed by atoms with Crippen LogP contribution in [0, 0.1) is 16.0 Å². The van der Waals surface area contributed by atoms with Gasteiger partial charge in [-0.2, -0.15) is 0 Å². The number of carboxylic acid groups (broad SMARTS) is 1. The molecule has 31 heavy (non-hydrogen) atoms. The van der Waals surface area contributed by atoms with Crippen molar-refractivity contribution < 1.29 is 52.5 Å². The minimum atomic E-state index is -1.57. The van der Waals surface area contributed by atoms with Gasteiger partial charge >= 0.3 is 18.1 Å². The Labute approximate surface area is 173 Å². The molecule has 0 saturated heterocycles.